The first-order valence-electron chi connectivity index (χ1n) is 11.0. The number of fused-ring (bicyclic) bond motifs is 1. The van der Waals surface area contributed by atoms with Crippen molar-refractivity contribution in [3.8, 4) is 5.69 Å². The van der Waals surface area contributed by atoms with Gasteiger partial charge in [-0.05, 0) is 61.6 Å². The molecule has 0 radical (unpaired) electrons. The van der Waals surface area contributed by atoms with Crippen LogP contribution in [0.2, 0.25) is 0 Å². The third kappa shape index (κ3) is 3.87. The molecule has 1 aromatic heterocycles. The molecule has 1 heterocycles. The Labute approximate surface area is 193 Å². The van der Waals surface area contributed by atoms with Gasteiger partial charge in [0.1, 0.15) is 17.5 Å². The largest absolute Gasteiger partial charge is 0.345 e. The zero-order valence-corrected chi connectivity index (χ0v) is 18.3. The van der Waals surface area contributed by atoms with Gasteiger partial charge in [-0.25, -0.2) is 13.2 Å². The van der Waals surface area contributed by atoms with Crippen LogP contribution in [-0.4, -0.2) is 10.5 Å². The molecule has 7 heteroatoms. The third-order valence-corrected chi connectivity index (χ3v) is 6.27. The van der Waals surface area contributed by atoms with Crippen LogP contribution in [0, 0.1) is 30.3 Å². The van der Waals surface area contributed by atoms with E-state index in [-0.39, 0.29) is 27.9 Å². The maximum atomic E-state index is 14.9. The van der Waals surface area contributed by atoms with Crippen LogP contribution in [0.5, 0.6) is 0 Å². The van der Waals surface area contributed by atoms with Crippen molar-refractivity contribution in [3.63, 3.8) is 0 Å². The van der Waals surface area contributed by atoms with E-state index >= 15 is 0 Å². The molecule has 0 spiro atoms. The highest BCUT2D eigenvalue weighted by Crippen LogP contribution is 2.41. The molecule has 1 N–H and O–H groups in total. The predicted molar refractivity (Wildman–Crippen MR) is 124 cm³/mol. The third-order valence-electron chi connectivity index (χ3n) is 6.27. The summed E-state index contributed by atoms with van der Waals surface area (Å²) in [5.41, 5.74) is 0.635. The van der Waals surface area contributed by atoms with Crippen LogP contribution >= 0.6 is 0 Å². The van der Waals surface area contributed by atoms with Crippen molar-refractivity contribution in [2.75, 3.05) is 0 Å². The predicted octanol–water partition coefficient (Wildman–Crippen LogP) is 5.60. The lowest BCUT2D eigenvalue weighted by Crippen LogP contribution is -2.33. The molecule has 0 saturated heterocycles. The fraction of sp³-hybridized carbons (Fsp3) is 0.185. The molecule has 1 saturated carbocycles. The molecule has 4 nitrogen and oxygen atoms in total. The molecule has 4 aromatic rings. The average Bonchev–Trinajstić information content (AvgIpc) is 3.63. The van der Waals surface area contributed by atoms with Gasteiger partial charge in [0.25, 0.3) is 11.5 Å². The zero-order chi connectivity index (χ0) is 24.0. The number of nitrogens with one attached hydrogen (secondary N) is 1. The van der Waals surface area contributed by atoms with Crippen molar-refractivity contribution >= 4 is 16.7 Å². The standard InChI is InChI=1S/C27H21F3N2O2/c1-15-23(26(33)31-25(16-10-11-16)17-6-5-7-18(28)12-17)21-13-19(29)14-22(30)24(21)27(34)32(15)20-8-3-2-4-9-20/h2-9,12-14,16,25H,10-11H2,1H3,(H,31,33)/t25-/m0/s1. The lowest BCUT2D eigenvalue weighted by molar-refractivity contribution is 0.0932. The number of halogens is 3. The van der Waals surface area contributed by atoms with Crippen LogP contribution in [0.15, 0.2) is 71.5 Å². The summed E-state index contributed by atoms with van der Waals surface area (Å²) in [4.78, 5) is 26.9. The first kappa shape index (κ1) is 21.9. The summed E-state index contributed by atoms with van der Waals surface area (Å²) in [6.45, 7) is 1.57. The Hall–Kier alpha value is -3.87. The lowest BCUT2D eigenvalue weighted by Gasteiger charge is -2.22. The number of carbonyl (C=O) groups is 1. The molecule has 1 atom stereocenters. The fourth-order valence-corrected chi connectivity index (χ4v) is 4.55. The second-order valence-corrected chi connectivity index (χ2v) is 8.59. The maximum absolute atomic E-state index is 14.9. The number of benzene rings is 3. The molecule has 3 aromatic carbocycles. The van der Waals surface area contributed by atoms with Gasteiger partial charge >= 0.3 is 0 Å². The number of amides is 1. The van der Waals surface area contributed by atoms with E-state index in [2.05, 4.69) is 5.32 Å². The molecule has 0 unspecified atom stereocenters. The Morgan fingerprint density at radius 1 is 0.971 bits per heavy atom. The van der Waals surface area contributed by atoms with Crippen LogP contribution in [0.3, 0.4) is 0 Å². The van der Waals surface area contributed by atoms with Gasteiger partial charge in [0.2, 0.25) is 0 Å². The minimum absolute atomic E-state index is 0.00101. The van der Waals surface area contributed by atoms with Crippen molar-refractivity contribution in [2.45, 2.75) is 25.8 Å². The van der Waals surface area contributed by atoms with E-state index < -0.39 is 35.0 Å². The lowest BCUT2D eigenvalue weighted by atomic mass is 9.99. The highest BCUT2D eigenvalue weighted by Gasteiger charge is 2.35. The number of hydrogen-bond donors (Lipinski definition) is 1. The number of aromatic nitrogens is 1. The van der Waals surface area contributed by atoms with Gasteiger partial charge in [-0.3, -0.25) is 14.2 Å². The Morgan fingerprint density at radius 2 is 1.71 bits per heavy atom. The van der Waals surface area contributed by atoms with Crippen molar-refractivity contribution < 1.29 is 18.0 Å². The van der Waals surface area contributed by atoms with E-state index in [9.17, 15) is 22.8 Å². The van der Waals surface area contributed by atoms with Crippen LogP contribution < -0.4 is 10.9 Å². The van der Waals surface area contributed by atoms with Gasteiger partial charge in [-0.15, -0.1) is 0 Å². The zero-order valence-electron chi connectivity index (χ0n) is 18.3. The molecule has 172 valence electrons. The molecule has 34 heavy (non-hydrogen) atoms. The van der Waals surface area contributed by atoms with Gasteiger partial charge in [0.05, 0.1) is 17.0 Å². The van der Waals surface area contributed by atoms with Crippen LogP contribution in [0.1, 0.15) is 40.5 Å². The van der Waals surface area contributed by atoms with Gasteiger partial charge in [-0.2, -0.15) is 0 Å². The monoisotopic (exact) mass is 462 g/mol. The van der Waals surface area contributed by atoms with E-state index in [1.54, 1.807) is 49.4 Å². The molecular formula is C27H21F3N2O2. The second-order valence-electron chi connectivity index (χ2n) is 8.59. The smallest absolute Gasteiger partial charge is 0.266 e. The van der Waals surface area contributed by atoms with Gasteiger partial charge in [-0.1, -0.05) is 30.3 Å². The van der Waals surface area contributed by atoms with Crippen molar-refractivity contribution in [3.05, 3.63) is 111 Å². The van der Waals surface area contributed by atoms with E-state index in [0.29, 0.717) is 17.3 Å². The Bertz CT molecular complexity index is 1480. The minimum atomic E-state index is -1.04. The van der Waals surface area contributed by atoms with E-state index in [1.807, 2.05) is 0 Å². The normalized spacial score (nSPS) is 14.2. The molecule has 5 rings (SSSR count). The highest BCUT2D eigenvalue weighted by atomic mass is 19.1. The summed E-state index contributed by atoms with van der Waals surface area (Å²) in [7, 11) is 0. The summed E-state index contributed by atoms with van der Waals surface area (Å²) in [5.74, 6) is -2.80. The molecular weight excluding hydrogens is 441 g/mol. The summed E-state index contributed by atoms with van der Waals surface area (Å²) < 4.78 is 44.2. The van der Waals surface area contributed by atoms with Gasteiger partial charge in [0.15, 0.2) is 0 Å². The SMILES string of the molecule is Cc1c(C(=O)N[C@H](c2cccc(F)c2)C2CC2)c2cc(F)cc(F)c2c(=O)n1-c1ccccc1. The fourth-order valence-electron chi connectivity index (χ4n) is 4.55. The first-order chi connectivity index (χ1) is 16.3. The second kappa shape index (κ2) is 8.48. The number of nitrogens with zero attached hydrogens (tertiary/aromatic N) is 1. The van der Waals surface area contributed by atoms with Crippen LogP contribution in [0.25, 0.3) is 16.5 Å². The molecule has 1 fully saturated rings. The van der Waals surface area contributed by atoms with Crippen molar-refractivity contribution in [2.24, 2.45) is 5.92 Å². The molecule has 0 bridgehead atoms. The van der Waals surface area contributed by atoms with E-state index in [4.69, 9.17) is 0 Å². The molecule has 0 aliphatic heterocycles. The summed E-state index contributed by atoms with van der Waals surface area (Å²) in [6.07, 6.45) is 1.74. The molecule has 1 aliphatic rings. The van der Waals surface area contributed by atoms with Crippen molar-refractivity contribution in [1.82, 2.24) is 9.88 Å². The Kier molecular flexibility index (Phi) is 5.48. The summed E-state index contributed by atoms with van der Waals surface area (Å²) >= 11 is 0. The number of para-hydroxylation sites is 1. The average molecular weight is 462 g/mol. The maximum Gasteiger partial charge on any atom is 0.266 e. The highest BCUT2D eigenvalue weighted by molar-refractivity contribution is 6.08. The Balaban J connectivity index is 1.71. The summed E-state index contributed by atoms with van der Waals surface area (Å²) in [5, 5.41) is 2.48. The van der Waals surface area contributed by atoms with Crippen molar-refractivity contribution in [1.29, 1.82) is 0 Å². The quantitative estimate of drug-likeness (QED) is 0.420. The number of hydrogen-bond acceptors (Lipinski definition) is 2. The summed E-state index contributed by atoms with van der Waals surface area (Å²) in [6, 6.07) is 15.7. The number of pyridine rings is 1. The Morgan fingerprint density at radius 3 is 2.38 bits per heavy atom. The molecule has 1 aliphatic carbocycles. The first-order valence-corrected chi connectivity index (χ1v) is 11.0. The topological polar surface area (TPSA) is 51.1 Å². The van der Waals surface area contributed by atoms with Crippen LogP contribution in [0.4, 0.5) is 13.2 Å². The van der Waals surface area contributed by atoms with E-state index in [0.717, 1.165) is 18.9 Å². The number of carbonyl (C=O) groups excluding carboxylic acids is 1. The minimum Gasteiger partial charge on any atom is -0.345 e. The molecule has 1 amide bonds. The van der Waals surface area contributed by atoms with Gasteiger partial charge in [0, 0.05) is 22.8 Å². The van der Waals surface area contributed by atoms with Gasteiger partial charge < -0.3 is 5.32 Å². The van der Waals surface area contributed by atoms with Crippen LogP contribution in [-0.2, 0) is 0 Å². The van der Waals surface area contributed by atoms with E-state index in [1.165, 1.54) is 16.7 Å². The number of rotatable bonds is 5.